The third-order valence-electron chi connectivity index (χ3n) is 2.84. The standard InChI is InChI=1S/C13H24N4O2.C2H6/c1-9(11(3)16-18)14-7-13(5,6)8-15-10(2)12(4)17-19;1-2/h18-19H,7-8H2,1-6H3;1-2H3/b14-9?,15-10?,16-11+,17-12+;. The summed E-state index contributed by atoms with van der Waals surface area (Å²) >= 11 is 0. The van der Waals surface area contributed by atoms with Crippen molar-refractivity contribution in [3.63, 3.8) is 0 Å². The van der Waals surface area contributed by atoms with Crippen molar-refractivity contribution >= 4 is 22.8 Å². The Bertz CT molecular complexity index is 383. The monoisotopic (exact) mass is 298 g/mol. The second-order valence-corrected chi connectivity index (χ2v) is 5.34. The number of oxime groups is 2. The normalized spacial score (nSPS) is 14.7. The third kappa shape index (κ3) is 9.76. The molecule has 0 heterocycles. The van der Waals surface area contributed by atoms with Crippen LogP contribution in [0.4, 0.5) is 0 Å². The van der Waals surface area contributed by atoms with Gasteiger partial charge >= 0.3 is 0 Å². The lowest BCUT2D eigenvalue weighted by Gasteiger charge is -2.20. The lowest BCUT2D eigenvalue weighted by molar-refractivity contribution is 0.319. The van der Waals surface area contributed by atoms with Crippen LogP contribution in [0.25, 0.3) is 0 Å². The quantitative estimate of drug-likeness (QED) is 0.445. The van der Waals surface area contributed by atoms with E-state index in [1.54, 1.807) is 13.8 Å². The fourth-order valence-electron chi connectivity index (χ4n) is 1.09. The highest BCUT2D eigenvalue weighted by atomic mass is 16.4. The Labute approximate surface area is 128 Å². The molecule has 21 heavy (non-hydrogen) atoms. The molecule has 0 rings (SSSR count). The first-order valence-electron chi connectivity index (χ1n) is 7.13. The minimum absolute atomic E-state index is 0.117. The number of hydrogen-bond acceptors (Lipinski definition) is 6. The van der Waals surface area contributed by atoms with Gasteiger partial charge in [0.1, 0.15) is 0 Å². The van der Waals surface area contributed by atoms with Crippen molar-refractivity contribution in [1.82, 2.24) is 0 Å². The number of nitrogens with zero attached hydrogens (tertiary/aromatic N) is 4. The molecule has 0 aromatic heterocycles. The van der Waals surface area contributed by atoms with E-state index in [1.807, 2.05) is 27.7 Å². The molecule has 0 bridgehead atoms. The summed E-state index contributed by atoms with van der Waals surface area (Å²) in [7, 11) is 0. The van der Waals surface area contributed by atoms with Crippen LogP contribution in [-0.4, -0.2) is 46.4 Å². The molecule has 0 amide bonds. The maximum Gasteiger partial charge on any atom is 0.0971 e. The Kier molecular flexibility index (Phi) is 11.3. The maximum absolute atomic E-state index is 8.65. The first-order valence-corrected chi connectivity index (χ1v) is 7.13. The Morgan fingerprint density at radius 3 is 1.24 bits per heavy atom. The van der Waals surface area contributed by atoms with Crippen LogP contribution in [0.5, 0.6) is 0 Å². The van der Waals surface area contributed by atoms with Crippen molar-refractivity contribution in [1.29, 1.82) is 0 Å². The fraction of sp³-hybridized carbons (Fsp3) is 0.733. The van der Waals surface area contributed by atoms with E-state index in [1.165, 1.54) is 0 Å². The summed E-state index contributed by atoms with van der Waals surface area (Å²) in [5.41, 5.74) is 2.33. The molecule has 2 N–H and O–H groups in total. The average molecular weight is 298 g/mol. The van der Waals surface area contributed by atoms with Gasteiger partial charge in [-0.05, 0) is 27.7 Å². The maximum atomic E-state index is 8.65. The van der Waals surface area contributed by atoms with E-state index in [2.05, 4.69) is 34.1 Å². The van der Waals surface area contributed by atoms with Crippen LogP contribution in [0, 0.1) is 5.41 Å². The third-order valence-corrected chi connectivity index (χ3v) is 2.84. The molecule has 6 nitrogen and oxygen atoms in total. The van der Waals surface area contributed by atoms with Gasteiger partial charge in [0.25, 0.3) is 0 Å². The Morgan fingerprint density at radius 1 is 0.714 bits per heavy atom. The van der Waals surface area contributed by atoms with Crippen molar-refractivity contribution < 1.29 is 10.4 Å². The Balaban J connectivity index is 0. The van der Waals surface area contributed by atoms with E-state index in [9.17, 15) is 0 Å². The van der Waals surface area contributed by atoms with Gasteiger partial charge in [-0.1, -0.05) is 38.0 Å². The van der Waals surface area contributed by atoms with Gasteiger partial charge in [0.05, 0.1) is 22.8 Å². The molecule has 0 spiro atoms. The zero-order chi connectivity index (χ0) is 17.1. The topological polar surface area (TPSA) is 89.9 Å². The molecule has 0 aliphatic rings. The van der Waals surface area contributed by atoms with E-state index in [-0.39, 0.29) is 5.41 Å². The summed E-state index contributed by atoms with van der Waals surface area (Å²) in [6.45, 7) is 16.3. The second-order valence-electron chi connectivity index (χ2n) is 5.34. The summed E-state index contributed by atoms with van der Waals surface area (Å²) in [5, 5.41) is 23.5. The molecule has 0 aliphatic carbocycles. The molecule has 0 radical (unpaired) electrons. The molecule has 0 unspecified atom stereocenters. The zero-order valence-electron chi connectivity index (χ0n) is 14.6. The van der Waals surface area contributed by atoms with Crippen molar-refractivity contribution in [2.24, 2.45) is 25.7 Å². The first-order chi connectivity index (χ1) is 9.73. The molecule has 0 aromatic rings. The van der Waals surface area contributed by atoms with Crippen molar-refractivity contribution in [3.05, 3.63) is 0 Å². The summed E-state index contributed by atoms with van der Waals surface area (Å²) in [5.74, 6) is 0. The van der Waals surface area contributed by atoms with Crippen LogP contribution < -0.4 is 0 Å². The highest BCUT2D eigenvalue weighted by Crippen LogP contribution is 2.16. The molecule has 0 aromatic carbocycles. The molecular weight excluding hydrogens is 268 g/mol. The molecule has 0 atom stereocenters. The van der Waals surface area contributed by atoms with E-state index >= 15 is 0 Å². The van der Waals surface area contributed by atoms with Gasteiger partial charge < -0.3 is 10.4 Å². The number of aliphatic imine (C=N–C) groups is 2. The van der Waals surface area contributed by atoms with E-state index in [0.29, 0.717) is 35.9 Å². The predicted molar refractivity (Wildman–Crippen MR) is 90.9 cm³/mol. The first kappa shape index (κ1) is 21.6. The van der Waals surface area contributed by atoms with Gasteiger partial charge in [-0.2, -0.15) is 0 Å². The van der Waals surface area contributed by atoms with Gasteiger partial charge in [0.2, 0.25) is 0 Å². The van der Waals surface area contributed by atoms with Crippen LogP contribution in [-0.2, 0) is 0 Å². The van der Waals surface area contributed by atoms with Crippen molar-refractivity contribution in [2.45, 2.75) is 55.4 Å². The van der Waals surface area contributed by atoms with Crippen LogP contribution in [0.1, 0.15) is 55.4 Å². The van der Waals surface area contributed by atoms with Crippen LogP contribution in [0.3, 0.4) is 0 Å². The average Bonchev–Trinajstić information content (AvgIpc) is 2.50. The predicted octanol–water partition coefficient (Wildman–Crippen LogP) is 3.66. The smallest absolute Gasteiger partial charge is 0.0971 e. The summed E-state index contributed by atoms with van der Waals surface area (Å²) < 4.78 is 0. The van der Waals surface area contributed by atoms with Crippen LogP contribution >= 0.6 is 0 Å². The SMILES string of the molecule is CC.CC(=NCC(C)(C)CN=C(C)/C(C)=N/O)/C(C)=N/O. The molecule has 6 heteroatoms. The van der Waals surface area contributed by atoms with Crippen molar-refractivity contribution in [2.75, 3.05) is 13.1 Å². The molecule has 0 fully saturated rings. The number of hydrogen-bond donors (Lipinski definition) is 2. The highest BCUT2D eigenvalue weighted by Gasteiger charge is 2.17. The Hall–Kier alpha value is -1.72. The molecular formula is C15H30N4O2. The summed E-state index contributed by atoms with van der Waals surface area (Å²) in [6.07, 6.45) is 0. The second kappa shape index (κ2) is 11.0. The minimum atomic E-state index is -0.117. The van der Waals surface area contributed by atoms with Crippen LogP contribution in [0.2, 0.25) is 0 Å². The molecule has 0 aliphatic heterocycles. The van der Waals surface area contributed by atoms with E-state index < -0.39 is 0 Å². The fourth-order valence-corrected chi connectivity index (χ4v) is 1.09. The van der Waals surface area contributed by atoms with Gasteiger partial charge in [-0.3, -0.25) is 9.98 Å². The van der Waals surface area contributed by atoms with Gasteiger partial charge in [0, 0.05) is 18.5 Å². The van der Waals surface area contributed by atoms with Gasteiger partial charge in [0.15, 0.2) is 0 Å². The van der Waals surface area contributed by atoms with E-state index in [0.717, 1.165) is 0 Å². The lowest BCUT2D eigenvalue weighted by atomic mass is 9.93. The van der Waals surface area contributed by atoms with E-state index in [4.69, 9.17) is 10.4 Å². The van der Waals surface area contributed by atoms with Crippen molar-refractivity contribution in [3.8, 4) is 0 Å². The van der Waals surface area contributed by atoms with Crippen LogP contribution in [0.15, 0.2) is 20.3 Å². The van der Waals surface area contributed by atoms with Gasteiger partial charge in [-0.15, -0.1) is 0 Å². The summed E-state index contributed by atoms with van der Waals surface area (Å²) in [6, 6.07) is 0. The highest BCUT2D eigenvalue weighted by molar-refractivity contribution is 6.40. The molecule has 122 valence electrons. The largest absolute Gasteiger partial charge is 0.411 e. The summed E-state index contributed by atoms with van der Waals surface area (Å²) in [4.78, 5) is 8.77. The lowest BCUT2D eigenvalue weighted by Crippen LogP contribution is -2.23. The van der Waals surface area contributed by atoms with Gasteiger partial charge in [-0.25, -0.2) is 0 Å². The minimum Gasteiger partial charge on any atom is -0.411 e. The molecule has 0 saturated heterocycles. The molecule has 0 saturated carbocycles. The Morgan fingerprint density at radius 2 is 1.00 bits per heavy atom. The number of rotatable bonds is 6. The zero-order valence-corrected chi connectivity index (χ0v) is 14.6.